The lowest BCUT2D eigenvalue weighted by Crippen LogP contribution is -2.13. The maximum absolute atomic E-state index is 12.1. The van der Waals surface area contributed by atoms with Crippen LogP contribution in [0.15, 0.2) is 47.4 Å². The minimum Gasteiger partial charge on any atom is -0.326 e. The molecule has 0 saturated carbocycles. The Hall–Kier alpha value is -2.27. The summed E-state index contributed by atoms with van der Waals surface area (Å²) >= 11 is 1.68. The van der Waals surface area contributed by atoms with Gasteiger partial charge in [0.15, 0.2) is 0 Å². The summed E-state index contributed by atoms with van der Waals surface area (Å²) in [4.78, 5) is 24.7. The number of aryl methyl sites for hydroxylation is 2. The topological polar surface area (TPSA) is 58.2 Å². The molecule has 5 heteroatoms. The second kappa shape index (κ2) is 9.28. The molecule has 0 aromatic heterocycles. The summed E-state index contributed by atoms with van der Waals surface area (Å²) < 4.78 is 0. The van der Waals surface area contributed by atoms with Gasteiger partial charge >= 0.3 is 0 Å². The molecule has 0 saturated heterocycles. The minimum absolute atomic E-state index is 0.0321. The number of anilines is 2. The Morgan fingerprint density at radius 3 is 2.24 bits per heavy atom. The highest BCUT2D eigenvalue weighted by atomic mass is 32.2. The number of hydrogen-bond acceptors (Lipinski definition) is 3. The Bertz CT molecular complexity index is 759. The average molecular weight is 356 g/mol. The average Bonchev–Trinajstić information content (AvgIpc) is 2.58. The fourth-order valence-corrected chi connectivity index (χ4v) is 3.16. The van der Waals surface area contributed by atoms with Gasteiger partial charge in [0.05, 0.1) is 0 Å². The minimum atomic E-state index is -0.0479. The quantitative estimate of drug-likeness (QED) is 0.702. The normalized spacial score (nSPS) is 10.4. The number of hydrogen-bond donors (Lipinski definition) is 2. The van der Waals surface area contributed by atoms with Gasteiger partial charge in [-0.2, -0.15) is 0 Å². The number of rotatable bonds is 7. The van der Waals surface area contributed by atoms with Gasteiger partial charge in [-0.25, -0.2) is 0 Å². The van der Waals surface area contributed by atoms with Crippen LogP contribution in [0.1, 0.15) is 30.9 Å². The zero-order valence-electron chi connectivity index (χ0n) is 14.9. The first-order valence-corrected chi connectivity index (χ1v) is 9.36. The number of carbonyl (C=O) groups is 2. The van der Waals surface area contributed by atoms with E-state index in [-0.39, 0.29) is 11.8 Å². The molecule has 0 radical (unpaired) electrons. The molecule has 2 aromatic carbocycles. The third kappa shape index (κ3) is 6.27. The van der Waals surface area contributed by atoms with Crippen LogP contribution in [0.25, 0.3) is 0 Å². The summed E-state index contributed by atoms with van der Waals surface area (Å²) in [6.45, 7) is 5.98. The molecule has 0 unspecified atom stereocenters. The van der Waals surface area contributed by atoms with E-state index in [4.69, 9.17) is 0 Å². The van der Waals surface area contributed by atoms with Crippen LogP contribution in [0, 0.1) is 13.8 Å². The van der Waals surface area contributed by atoms with E-state index in [1.807, 2.05) is 12.1 Å². The standard InChI is InChI=1S/C20H24N2O2S/c1-4-19(23)21-16-6-5-7-17(13-16)22-20(24)10-11-25-18-9-8-14(2)15(3)12-18/h5-9,12-13H,4,10-11H2,1-3H3,(H,21,23)(H,22,24). The van der Waals surface area contributed by atoms with Gasteiger partial charge in [0.2, 0.25) is 11.8 Å². The lowest BCUT2D eigenvalue weighted by molar-refractivity contribution is -0.116. The molecule has 0 atom stereocenters. The number of carbonyl (C=O) groups excluding carboxylic acids is 2. The molecule has 2 aromatic rings. The highest BCUT2D eigenvalue weighted by molar-refractivity contribution is 7.99. The number of amides is 2. The highest BCUT2D eigenvalue weighted by Gasteiger charge is 2.05. The van der Waals surface area contributed by atoms with Gasteiger partial charge < -0.3 is 10.6 Å². The highest BCUT2D eigenvalue weighted by Crippen LogP contribution is 2.22. The van der Waals surface area contributed by atoms with Crippen molar-refractivity contribution in [3.8, 4) is 0 Å². The van der Waals surface area contributed by atoms with Crippen molar-refractivity contribution in [2.24, 2.45) is 0 Å². The van der Waals surface area contributed by atoms with Crippen molar-refractivity contribution >= 4 is 35.0 Å². The fraction of sp³-hybridized carbons (Fsp3) is 0.300. The Morgan fingerprint density at radius 2 is 1.60 bits per heavy atom. The van der Waals surface area contributed by atoms with Crippen LogP contribution in [0.5, 0.6) is 0 Å². The maximum Gasteiger partial charge on any atom is 0.225 e. The second-order valence-corrected chi connectivity index (χ2v) is 7.04. The van der Waals surface area contributed by atoms with Crippen molar-refractivity contribution < 1.29 is 9.59 Å². The van der Waals surface area contributed by atoms with E-state index in [2.05, 4.69) is 42.7 Å². The van der Waals surface area contributed by atoms with Crippen LogP contribution in [0.3, 0.4) is 0 Å². The molecule has 0 aliphatic heterocycles. The Morgan fingerprint density at radius 1 is 0.920 bits per heavy atom. The summed E-state index contributed by atoms with van der Waals surface area (Å²) in [6.07, 6.45) is 0.857. The summed E-state index contributed by atoms with van der Waals surface area (Å²) in [5.74, 6) is 0.643. The van der Waals surface area contributed by atoms with Crippen molar-refractivity contribution in [1.82, 2.24) is 0 Å². The first kappa shape index (κ1) is 19.1. The SMILES string of the molecule is CCC(=O)Nc1cccc(NC(=O)CCSc2ccc(C)c(C)c2)c1. The van der Waals surface area contributed by atoms with Gasteiger partial charge in [-0.3, -0.25) is 9.59 Å². The van der Waals surface area contributed by atoms with E-state index in [0.29, 0.717) is 24.2 Å². The molecular weight excluding hydrogens is 332 g/mol. The predicted octanol–water partition coefficient (Wildman–Crippen LogP) is 4.77. The second-order valence-electron chi connectivity index (χ2n) is 5.88. The first-order chi connectivity index (χ1) is 12.0. The predicted molar refractivity (Wildman–Crippen MR) is 105 cm³/mol. The third-order valence-electron chi connectivity index (χ3n) is 3.83. The van der Waals surface area contributed by atoms with Gasteiger partial charge in [0.1, 0.15) is 0 Å². The molecule has 0 aliphatic carbocycles. The number of thioether (sulfide) groups is 1. The van der Waals surface area contributed by atoms with Crippen LogP contribution < -0.4 is 10.6 Å². The Kier molecular flexibility index (Phi) is 7.07. The zero-order chi connectivity index (χ0) is 18.2. The molecule has 0 bridgehead atoms. The molecule has 0 fully saturated rings. The summed E-state index contributed by atoms with van der Waals surface area (Å²) in [7, 11) is 0. The molecule has 0 spiro atoms. The maximum atomic E-state index is 12.1. The number of nitrogens with one attached hydrogen (secondary N) is 2. The molecule has 132 valence electrons. The van der Waals surface area contributed by atoms with E-state index in [1.165, 1.54) is 16.0 Å². The largest absolute Gasteiger partial charge is 0.326 e. The molecule has 2 amide bonds. The summed E-state index contributed by atoms with van der Waals surface area (Å²) in [6, 6.07) is 13.5. The first-order valence-electron chi connectivity index (χ1n) is 8.37. The molecule has 0 heterocycles. The van der Waals surface area contributed by atoms with E-state index < -0.39 is 0 Å². The lowest BCUT2D eigenvalue weighted by atomic mass is 10.1. The monoisotopic (exact) mass is 356 g/mol. The summed E-state index contributed by atoms with van der Waals surface area (Å²) in [5.41, 5.74) is 3.92. The van der Waals surface area contributed by atoms with Crippen LogP contribution in [-0.4, -0.2) is 17.6 Å². The molecular formula is C20H24N2O2S. The van der Waals surface area contributed by atoms with E-state index in [9.17, 15) is 9.59 Å². The van der Waals surface area contributed by atoms with Gasteiger partial charge in [-0.1, -0.05) is 19.1 Å². The van der Waals surface area contributed by atoms with Crippen LogP contribution in [0.4, 0.5) is 11.4 Å². The van der Waals surface area contributed by atoms with Crippen molar-refractivity contribution in [1.29, 1.82) is 0 Å². The van der Waals surface area contributed by atoms with Crippen LogP contribution in [-0.2, 0) is 9.59 Å². The van der Waals surface area contributed by atoms with E-state index in [0.717, 1.165) is 5.75 Å². The zero-order valence-corrected chi connectivity index (χ0v) is 15.7. The lowest BCUT2D eigenvalue weighted by Gasteiger charge is -2.09. The number of benzene rings is 2. The molecule has 0 aliphatic rings. The molecule has 2 rings (SSSR count). The van der Waals surface area contributed by atoms with E-state index >= 15 is 0 Å². The Balaban J connectivity index is 1.82. The fourth-order valence-electron chi connectivity index (χ4n) is 2.21. The third-order valence-corrected chi connectivity index (χ3v) is 4.82. The van der Waals surface area contributed by atoms with Gasteiger partial charge in [-0.15, -0.1) is 11.8 Å². The van der Waals surface area contributed by atoms with Gasteiger partial charge in [-0.05, 0) is 55.3 Å². The van der Waals surface area contributed by atoms with Crippen molar-refractivity contribution in [2.75, 3.05) is 16.4 Å². The van der Waals surface area contributed by atoms with Gasteiger partial charge in [0.25, 0.3) is 0 Å². The van der Waals surface area contributed by atoms with Crippen molar-refractivity contribution in [3.05, 3.63) is 53.6 Å². The smallest absolute Gasteiger partial charge is 0.225 e. The van der Waals surface area contributed by atoms with Crippen LogP contribution in [0.2, 0.25) is 0 Å². The Labute approximate surface area is 153 Å². The molecule has 4 nitrogen and oxygen atoms in total. The van der Waals surface area contributed by atoms with E-state index in [1.54, 1.807) is 30.8 Å². The molecule has 2 N–H and O–H groups in total. The van der Waals surface area contributed by atoms with Crippen molar-refractivity contribution in [2.45, 2.75) is 38.5 Å². The summed E-state index contributed by atoms with van der Waals surface area (Å²) in [5, 5.41) is 5.66. The molecule has 25 heavy (non-hydrogen) atoms. The van der Waals surface area contributed by atoms with Gasteiger partial charge in [0, 0.05) is 34.9 Å². The van der Waals surface area contributed by atoms with Crippen molar-refractivity contribution in [3.63, 3.8) is 0 Å². The van der Waals surface area contributed by atoms with Crippen LogP contribution >= 0.6 is 11.8 Å².